The molecule has 1 aliphatic heterocycles. The second-order valence-corrected chi connectivity index (χ2v) is 5.42. The number of hydrogen-bond acceptors (Lipinski definition) is 3. The highest BCUT2D eigenvalue weighted by Crippen LogP contribution is 2.25. The molecule has 1 unspecified atom stereocenters. The van der Waals surface area contributed by atoms with Crippen molar-refractivity contribution in [1.29, 1.82) is 0 Å². The van der Waals surface area contributed by atoms with Gasteiger partial charge in [-0.05, 0) is 38.3 Å². The Morgan fingerprint density at radius 2 is 2.17 bits per heavy atom. The van der Waals surface area contributed by atoms with Crippen molar-refractivity contribution in [3.63, 3.8) is 0 Å². The Labute approximate surface area is 113 Å². The van der Waals surface area contributed by atoms with Crippen LogP contribution in [0.25, 0.3) is 0 Å². The number of aliphatic hydroxyl groups is 1. The molecule has 1 fully saturated rings. The molecule has 2 rings (SSSR count). The number of hydrogen-bond donors (Lipinski definition) is 2. The Morgan fingerprint density at radius 1 is 1.50 bits per heavy atom. The molecule has 1 aromatic rings. The molecule has 2 N–H and O–H groups in total. The maximum absolute atomic E-state index is 10.3. The molecule has 102 valence electrons. The van der Waals surface area contributed by atoms with Gasteiger partial charge in [0.2, 0.25) is 0 Å². The molecule has 0 bridgehead atoms. The molecule has 5 heteroatoms. The van der Waals surface area contributed by atoms with Gasteiger partial charge in [0.15, 0.2) is 0 Å². The van der Waals surface area contributed by atoms with Crippen LogP contribution in [0.2, 0.25) is 5.02 Å². The second-order valence-electron chi connectivity index (χ2n) is 5.04. The smallest absolute Gasteiger partial charge is 0.0850 e. The SMILES string of the molecule is CCc1nn(C)c(CC(O)C2CCNCC2)c1Cl. The zero-order valence-electron chi connectivity index (χ0n) is 11.1. The van der Waals surface area contributed by atoms with Gasteiger partial charge in [0.05, 0.1) is 22.5 Å². The lowest BCUT2D eigenvalue weighted by Crippen LogP contribution is -2.35. The van der Waals surface area contributed by atoms with Crippen molar-refractivity contribution < 1.29 is 5.11 Å². The van der Waals surface area contributed by atoms with Crippen LogP contribution in [0.5, 0.6) is 0 Å². The number of piperidine rings is 1. The molecular formula is C13H22ClN3O. The van der Waals surface area contributed by atoms with Gasteiger partial charge >= 0.3 is 0 Å². The van der Waals surface area contributed by atoms with E-state index in [1.54, 1.807) is 0 Å². The van der Waals surface area contributed by atoms with Gasteiger partial charge in [-0.2, -0.15) is 5.10 Å². The van der Waals surface area contributed by atoms with Crippen LogP contribution in [-0.2, 0) is 19.9 Å². The summed E-state index contributed by atoms with van der Waals surface area (Å²) < 4.78 is 1.81. The lowest BCUT2D eigenvalue weighted by atomic mass is 9.89. The number of aliphatic hydroxyl groups excluding tert-OH is 1. The maximum Gasteiger partial charge on any atom is 0.0850 e. The van der Waals surface area contributed by atoms with Crippen LogP contribution >= 0.6 is 11.6 Å². The summed E-state index contributed by atoms with van der Waals surface area (Å²) in [6, 6.07) is 0. The fraction of sp³-hybridized carbons (Fsp3) is 0.769. The van der Waals surface area contributed by atoms with Crippen LogP contribution in [0.15, 0.2) is 0 Å². The number of aryl methyl sites for hydroxylation is 2. The summed E-state index contributed by atoms with van der Waals surface area (Å²) in [6.45, 7) is 4.04. The lowest BCUT2D eigenvalue weighted by molar-refractivity contribution is 0.0874. The molecule has 0 aliphatic carbocycles. The van der Waals surface area contributed by atoms with Crippen molar-refractivity contribution in [3.05, 3.63) is 16.4 Å². The Kier molecular flexibility index (Phi) is 4.65. The molecule has 0 radical (unpaired) electrons. The van der Waals surface area contributed by atoms with E-state index in [4.69, 9.17) is 11.6 Å². The molecular weight excluding hydrogens is 250 g/mol. The molecule has 0 spiro atoms. The van der Waals surface area contributed by atoms with Gasteiger partial charge in [-0.25, -0.2) is 0 Å². The molecule has 2 heterocycles. The predicted molar refractivity (Wildman–Crippen MR) is 72.9 cm³/mol. The van der Waals surface area contributed by atoms with Crippen LogP contribution in [0.1, 0.15) is 31.2 Å². The normalized spacial score (nSPS) is 19.1. The van der Waals surface area contributed by atoms with Gasteiger partial charge in [-0.3, -0.25) is 4.68 Å². The predicted octanol–water partition coefficient (Wildman–Crippen LogP) is 1.54. The van der Waals surface area contributed by atoms with E-state index in [-0.39, 0.29) is 6.10 Å². The summed E-state index contributed by atoms with van der Waals surface area (Å²) in [7, 11) is 1.90. The number of halogens is 1. The van der Waals surface area contributed by atoms with E-state index in [0.717, 1.165) is 48.8 Å². The first kappa shape index (κ1) is 13.8. The van der Waals surface area contributed by atoms with Crippen LogP contribution in [-0.4, -0.2) is 34.1 Å². The van der Waals surface area contributed by atoms with Crippen LogP contribution < -0.4 is 5.32 Å². The summed E-state index contributed by atoms with van der Waals surface area (Å²) in [6.07, 6.45) is 3.20. The summed E-state index contributed by atoms with van der Waals surface area (Å²) >= 11 is 6.31. The highest BCUT2D eigenvalue weighted by Gasteiger charge is 2.24. The topological polar surface area (TPSA) is 50.1 Å². The Hall–Kier alpha value is -0.580. The van der Waals surface area contributed by atoms with Gasteiger partial charge in [0.1, 0.15) is 0 Å². The maximum atomic E-state index is 10.3. The highest BCUT2D eigenvalue weighted by atomic mass is 35.5. The third-order valence-corrected chi connectivity index (χ3v) is 4.27. The average Bonchev–Trinajstić information content (AvgIpc) is 2.67. The second kappa shape index (κ2) is 6.04. The molecule has 1 saturated heterocycles. The van der Waals surface area contributed by atoms with E-state index in [1.807, 2.05) is 18.7 Å². The van der Waals surface area contributed by atoms with Gasteiger partial charge in [-0.1, -0.05) is 18.5 Å². The first-order valence-corrected chi connectivity index (χ1v) is 7.10. The Balaban J connectivity index is 2.06. The van der Waals surface area contributed by atoms with Crippen molar-refractivity contribution in [1.82, 2.24) is 15.1 Å². The van der Waals surface area contributed by atoms with Crippen LogP contribution in [0.4, 0.5) is 0 Å². The standard InChI is InChI=1S/C13H22ClN3O/c1-3-10-13(14)11(17(2)16-10)8-12(18)9-4-6-15-7-5-9/h9,12,15,18H,3-8H2,1-2H3. The molecule has 4 nitrogen and oxygen atoms in total. The molecule has 0 amide bonds. The monoisotopic (exact) mass is 271 g/mol. The molecule has 1 atom stereocenters. The van der Waals surface area contributed by atoms with E-state index in [2.05, 4.69) is 10.4 Å². The van der Waals surface area contributed by atoms with E-state index >= 15 is 0 Å². The fourth-order valence-corrected chi connectivity index (χ4v) is 3.01. The third kappa shape index (κ3) is 2.87. The van der Waals surface area contributed by atoms with E-state index < -0.39 is 0 Å². The van der Waals surface area contributed by atoms with Crippen molar-refractivity contribution in [2.24, 2.45) is 13.0 Å². The van der Waals surface area contributed by atoms with Crippen molar-refractivity contribution >= 4 is 11.6 Å². The third-order valence-electron chi connectivity index (χ3n) is 3.83. The molecule has 0 saturated carbocycles. The molecule has 1 aromatic heterocycles. The Morgan fingerprint density at radius 3 is 2.72 bits per heavy atom. The van der Waals surface area contributed by atoms with Crippen LogP contribution in [0, 0.1) is 5.92 Å². The van der Waals surface area contributed by atoms with Crippen molar-refractivity contribution in [2.75, 3.05) is 13.1 Å². The minimum absolute atomic E-state index is 0.315. The number of nitrogens with zero attached hydrogens (tertiary/aromatic N) is 2. The Bertz CT molecular complexity index is 399. The van der Waals surface area contributed by atoms with Crippen LogP contribution in [0.3, 0.4) is 0 Å². The average molecular weight is 272 g/mol. The number of rotatable bonds is 4. The zero-order chi connectivity index (χ0) is 13.1. The summed E-state index contributed by atoms with van der Waals surface area (Å²) in [4.78, 5) is 0. The minimum Gasteiger partial charge on any atom is -0.392 e. The molecule has 0 aromatic carbocycles. The zero-order valence-corrected chi connectivity index (χ0v) is 11.9. The van der Waals surface area contributed by atoms with E-state index in [9.17, 15) is 5.11 Å². The fourth-order valence-electron chi connectivity index (χ4n) is 2.64. The summed E-state index contributed by atoms with van der Waals surface area (Å²) in [5.74, 6) is 0.377. The summed E-state index contributed by atoms with van der Waals surface area (Å²) in [5, 5.41) is 18.8. The highest BCUT2D eigenvalue weighted by molar-refractivity contribution is 6.31. The van der Waals surface area contributed by atoms with Crippen molar-refractivity contribution in [3.8, 4) is 0 Å². The van der Waals surface area contributed by atoms with Gasteiger partial charge in [-0.15, -0.1) is 0 Å². The van der Waals surface area contributed by atoms with Gasteiger partial charge in [0, 0.05) is 13.5 Å². The number of nitrogens with one attached hydrogen (secondary N) is 1. The minimum atomic E-state index is -0.315. The van der Waals surface area contributed by atoms with E-state index in [0.29, 0.717) is 12.3 Å². The lowest BCUT2D eigenvalue weighted by Gasteiger charge is -2.27. The largest absolute Gasteiger partial charge is 0.392 e. The van der Waals surface area contributed by atoms with Gasteiger partial charge in [0.25, 0.3) is 0 Å². The molecule has 18 heavy (non-hydrogen) atoms. The number of aromatic nitrogens is 2. The quantitative estimate of drug-likeness (QED) is 0.873. The van der Waals surface area contributed by atoms with Gasteiger partial charge < -0.3 is 10.4 Å². The molecule has 1 aliphatic rings. The van der Waals surface area contributed by atoms with Crippen molar-refractivity contribution in [2.45, 2.75) is 38.7 Å². The summed E-state index contributed by atoms with van der Waals surface area (Å²) in [5.41, 5.74) is 1.88. The van der Waals surface area contributed by atoms with E-state index in [1.165, 1.54) is 0 Å². The first-order chi connectivity index (χ1) is 8.63. The first-order valence-electron chi connectivity index (χ1n) is 6.72.